The summed E-state index contributed by atoms with van der Waals surface area (Å²) >= 11 is 1.96. The zero-order valence-electron chi connectivity index (χ0n) is 8.13. The highest BCUT2D eigenvalue weighted by Crippen LogP contribution is 2.21. The minimum atomic E-state index is -0.588. The van der Waals surface area contributed by atoms with E-state index in [1.165, 1.54) is 11.5 Å². The van der Waals surface area contributed by atoms with Crippen LogP contribution in [0, 0.1) is 0 Å². The molecule has 3 heteroatoms. The van der Waals surface area contributed by atoms with E-state index in [9.17, 15) is 5.11 Å². The molecule has 1 fully saturated rings. The van der Waals surface area contributed by atoms with Crippen molar-refractivity contribution in [2.75, 3.05) is 11.5 Å². The maximum atomic E-state index is 9.78. The summed E-state index contributed by atoms with van der Waals surface area (Å²) in [7, 11) is 0. The number of nitrogens with one attached hydrogen (secondary N) is 1. The Bertz CT molecular complexity index is 140. The monoisotopic (exact) mass is 189 g/mol. The number of aliphatic hydroxyl groups is 1. The predicted molar refractivity (Wildman–Crippen MR) is 54.6 cm³/mol. The molecule has 12 heavy (non-hydrogen) atoms. The Morgan fingerprint density at radius 1 is 1.58 bits per heavy atom. The van der Waals surface area contributed by atoms with Crippen LogP contribution < -0.4 is 5.32 Å². The van der Waals surface area contributed by atoms with Crippen LogP contribution in [-0.2, 0) is 0 Å². The first-order valence-electron chi connectivity index (χ1n) is 4.60. The van der Waals surface area contributed by atoms with Crippen LogP contribution in [-0.4, -0.2) is 34.3 Å². The Hall–Kier alpha value is 0.270. The third-order valence-electron chi connectivity index (χ3n) is 2.34. The van der Waals surface area contributed by atoms with Gasteiger partial charge in [-0.2, -0.15) is 11.8 Å². The molecular weight excluding hydrogens is 170 g/mol. The molecule has 1 aliphatic heterocycles. The molecule has 0 bridgehead atoms. The van der Waals surface area contributed by atoms with Gasteiger partial charge in [0.1, 0.15) is 0 Å². The third kappa shape index (κ3) is 2.64. The van der Waals surface area contributed by atoms with E-state index in [1.54, 1.807) is 0 Å². The first kappa shape index (κ1) is 10.4. The standard InChI is InChI=1S/C9H19NOS/c1-4-8(9(2,3)11)10-7-5-12-6-7/h7-8,10-11H,4-6H2,1-3H3. The predicted octanol–water partition coefficient (Wildman–Crippen LogP) is 1.24. The number of rotatable bonds is 4. The van der Waals surface area contributed by atoms with E-state index in [0.717, 1.165) is 6.42 Å². The summed E-state index contributed by atoms with van der Waals surface area (Å²) in [5.41, 5.74) is -0.588. The lowest BCUT2D eigenvalue weighted by molar-refractivity contribution is 0.0330. The maximum absolute atomic E-state index is 9.78. The molecule has 0 radical (unpaired) electrons. The van der Waals surface area contributed by atoms with E-state index in [2.05, 4.69) is 12.2 Å². The van der Waals surface area contributed by atoms with Gasteiger partial charge in [-0.05, 0) is 20.3 Å². The molecule has 72 valence electrons. The van der Waals surface area contributed by atoms with Gasteiger partial charge in [-0.3, -0.25) is 0 Å². The van der Waals surface area contributed by atoms with Crippen molar-refractivity contribution in [3.8, 4) is 0 Å². The van der Waals surface area contributed by atoms with Crippen molar-refractivity contribution in [3.63, 3.8) is 0 Å². The second-order valence-electron chi connectivity index (χ2n) is 4.02. The molecule has 1 rings (SSSR count). The highest BCUT2D eigenvalue weighted by Gasteiger charge is 2.29. The van der Waals surface area contributed by atoms with Gasteiger partial charge in [0, 0.05) is 23.6 Å². The van der Waals surface area contributed by atoms with Crippen molar-refractivity contribution >= 4 is 11.8 Å². The van der Waals surface area contributed by atoms with Gasteiger partial charge in [0.05, 0.1) is 5.60 Å². The average Bonchev–Trinajstić information content (AvgIpc) is 1.82. The lowest BCUT2D eigenvalue weighted by atomic mass is 9.96. The molecule has 1 heterocycles. The average molecular weight is 189 g/mol. The topological polar surface area (TPSA) is 32.3 Å². The fraction of sp³-hybridized carbons (Fsp3) is 1.00. The van der Waals surface area contributed by atoms with Gasteiger partial charge in [-0.15, -0.1) is 0 Å². The molecule has 2 nitrogen and oxygen atoms in total. The Labute approximate surface area is 79.1 Å². The smallest absolute Gasteiger partial charge is 0.0744 e. The van der Waals surface area contributed by atoms with Gasteiger partial charge < -0.3 is 10.4 Å². The van der Waals surface area contributed by atoms with Crippen LogP contribution in [0.25, 0.3) is 0 Å². The van der Waals surface area contributed by atoms with Gasteiger partial charge in [0.2, 0.25) is 0 Å². The van der Waals surface area contributed by atoms with E-state index in [0.29, 0.717) is 6.04 Å². The molecule has 0 aliphatic carbocycles. The van der Waals surface area contributed by atoms with E-state index in [1.807, 2.05) is 25.6 Å². The van der Waals surface area contributed by atoms with E-state index < -0.39 is 5.60 Å². The van der Waals surface area contributed by atoms with Crippen molar-refractivity contribution in [1.29, 1.82) is 0 Å². The van der Waals surface area contributed by atoms with Gasteiger partial charge in [-0.1, -0.05) is 6.92 Å². The fourth-order valence-electron chi connectivity index (χ4n) is 1.44. The van der Waals surface area contributed by atoms with Gasteiger partial charge in [-0.25, -0.2) is 0 Å². The molecule has 1 aliphatic rings. The zero-order chi connectivity index (χ0) is 9.19. The highest BCUT2D eigenvalue weighted by atomic mass is 32.2. The number of thioether (sulfide) groups is 1. The third-order valence-corrected chi connectivity index (χ3v) is 3.61. The second-order valence-corrected chi connectivity index (χ2v) is 5.09. The van der Waals surface area contributed by atoms with Gasteiger partial charge >= 0.3 is 0 Å². The van der Waals surface area contributed by atoms with Crippen LogP contribution in [0.1, 0.15) is 27.2 Å². The lowest BCUT2D eigenvalue weighted by Crippen LogP contribution is -2.54. The first-order valence-corrected chi connectivity index (χ1v) is 5.75. The fourth-order valence-corrected chi connectivity index (χ4v) is 2.10. The molecule has 0 aromatic heterocycles. The molecule has 0 spiro atoms. The quantitative estimate of drug-likeness (QED) is 0.698. The summed E-state index contributed by atoms with van der Waals surface area (Å²) < 4.78 is 0. The normalized spacial score (nSPS) is 22.0. The summed E-state index contributed by atoms with van der Waals surface area (Å²) in [6, 6.07) is 0.870. The summed E-state index contributed by atoms with van der Waals surface area (Å²) in [5, 5.41) is 13.2. The summed E-state index contributed by atoms with van der Waals surface area (Å²) in [5.74, 6) is 2.40. The summed E-state index contributed by atoms with van der Waals surface area (Å²) in [6.07, 6.45) is 0.991. The second kappa shape index (κ2) is 3.99. The van der Waals surface area contributed by atoms with Gasteiger partial charge in [0.25, 0.3) is 0 Å². The van der Waals surface area contributed by atoms with Crippen molar-refractivity contribution in [2.24, 2.45) is 0 Å². The Morgan fingerprint density at radius 3 is 2.42 bits per heavy atom. The van der Waals surface area contributed by atoms with Crippen molar-refractivity contribution in [3.05, 3.63) is 0 Å². The molecule has 0 amide bonds. The SMILES string of the molecule is CCC(NC1CSC1)C(C)(C)O. The van der Waals surface area contributed by atoms with E-state index >= 15 is 0 Å². The minimum absolute atomic E-state index is 0.239. The zero-order valence-corrected chi connectivity index (χ0v) is 8.95. The van der Waals surface area contributed by atoms with Crippen LogP contribution >= 0.6 is 11.8 Å². The van der Waals surface area contributed by atoms with Crippen molar-refractivity contribution in [1.82, 2.24) is 5.32 Å². The van der Waals surface area contributed by atoms with Crippen LogP contribution in [0.5, 0.6) is 0 Å². The molecule has 0 saturated carbocycles. The number of hydrogen-bond acceptors (Lipinski definition) is 3. The molecule has 1 atom stereocenters. The van der Waals surface area contributed by atoms with E-state index in [4.69, 9.17) is 0 Å². The largest absolute Gasteiger partial charge is 0.389 e. The Morgan fingerprint density at radius 2 is 2.17 bits per heavy atom. The van der Waals surface area contributed by atoms with Crippen LogP contribution in [0.3, 0.4) is 0 Å². The molecule has 0 aromatic rings. The van der Waals surface area contributed by atoms with Gasteiger partial charge in [0.15, 0.2) is 0 Å². The molecule has 2 N–H and O–H groups in total. The van der Waals surface area contributed by atoms with Crippen LogP contribution in [0.2, 0.25) is 0 Å². The first-order chi connectivity index (χ1) is 5.54. The van der Waals surface area contributed by atoms with Crippen LogP contribution in [0.15, 0.2) is 0 Å². The highest BCUT2D eigenvalue weighted by molar-refractivity contribution is 8.00. The molecule has 1 saturated heterocycles. The van der Waals surface area contributed by atoms with E-state index in [-0.39, 0.29) is 6.04 Å². The maximum Gasteiger partial charge on any atom is 0.0744 e. The summed E-state index contributed by atoms with van der Waals surface area (Å²) in [6.45, 7) is 5.86. The minimum Gasteiger partial charge on any atom is -0.389 e. The van der Waals surface area contributed by atoms with Crippen LogP contribution in [0.4, 0.5) is 0 Å². The summed E-state index contributed by atoms with van der Waals surface area (Å²) in [4.78, 5) is 0. The Balaban J connectivity index is 2.34. The van der Waals surface area contributed by atoms with Crippen molar-refractivity contribution in [2.45, 2.75) is 44.9 Å². The number of hydrogen-bond donors (Lipinski definition) is 2. The molecule has 0 aromatic carbocycles. The lowest BCUT2D eigenvalue weighted by Gasteiger charge is -2.36. The Kier molecular flexibility index (Phi) is 3.44. The van der Waals surface area contributed by atoms with Crippen molar-refractivity contribution < 1.29 is 5.11 Å². The molecular formula is C9H19NOS. The molecule has 1 unspecified atom stereocenters.